The predicted molar refractivity (Wildman–Crippen MR) is 151 cm³/mol. The molecule has 12 heteroatoms. The third-order valence-corrected chi connectivity index (χ3v) is 7.82. The van der Waals surface area contributed by atoms with Crippen LogP contribution in [0, 0.1) is 0 Å². The summed E-state index contributed by atoms with van der Waals surface area (Å²) in [6, 6.07) is 18.0. The molecule has 1 unspecified atom stereocenters. The van der Waals surface area contributed by atoms with E-state index in [0.29, 0.717) is 11.0 Å². The van der Waals surface area contributed by atoms with Gasteiger partial charge in [0, 0.05) is 25.5 Å². The Hall–Kier alpha value is -4.71. The number of aromatic nitrogens is 6. The Kier molecular flexibility index (Phi) is 7.38. The first-order valence-electron chi connectivity index (χ1n) is 13.7. The number of hydrogen-bond donors (Lipinski definition) is 1. The Balaban J connectivity index is 1.13. The minimum Gasteiger partial charge on any atom is -0.388 e. The van der Waals surface area contributed by atoms with E-state index < -0.39 is 30.4 Å². The Morgan fingerprint density at radius 1 is 0.976 bits per heavy atom. The number of hydrogen-bond acceptors (Lipinski definition) is 6. The van der Waals surface area contributed by atoms with E-state index in [4.69, 9.17) is 0 Å². The maximum absolute atomic E-state index is 13.6. The van der Waals surface area contributed by atoms with Crippen molar-refractivity contribution in [2.24, 2.45) is 0 Å². The van der Waals surface area contributed by atoms with Gasteiger partial charge >= 0.3 is 0 Å². The van der Waals surface area contributed by atoms with Crippen LogP contribution in [-0.4, -0.2) is 70.1 Å². The maximum atomic E-state index is 13.6. The fraction of sp³-hybridized carbons (Fsp3) is 0.300. The Bertz CT molecular complexity index is 1730. The monoisotopic (exact) mass is 573 g/mol. The molecule has 1 fully saturated rings. The Morgan fingerprint density at radius 2 is 1.69 bits per heavy atom. The van der Waals surface area contributed by atoms with E-state index in [1.807, 2.05) is 54.6 Å². The number of alkyl halides is 2. The summed E-state index contributed by atoms with van der Waals surface area (Å²) >= 11 is 0. The summed E-state index contributed by atoms with van der Waals surface area (Å²) in [5.41, 5.74) is 1.71. The molecule has 1 saturated heterocycles. The average Bonchev–Trinajstić information content (AvgIpc) is 3.69. The second-order valence-corrected chi connectivity index (χ2v) is 10.6. The number of fused-ring (bicyclic) bond motifs is 1. The molecular weight excluding hydrogens is 544 g/mol. The fourth-order valence-corrected chi connectivity index (χ4v) is 5.41. The van der Waals surface area contributed by atoms with Gasteiger partial charge in [0.2, 0.25) is 5.91 Å². The van der Waals surface area contributed by atoms with Crippen molar-refractivity contribution in [3.63, 3.8) is 0 Å². The molecule has 0 spiro atoms. The summed E-state index contributed by atoms with van der Waals surface area (Å²) < 4.78 is 31.2. The Labute approximate surface area is 239 Å². The molecule has 42 heavy (non-hydrogen) atoms. The van der Waals surface area contributed by atoms with E-state index in [-0.39, 0.29) is 38.0 Å². The van der Waals surface area contributed by atoms with Gasteiger partial charge in [-0.1, -0.05) is 42.5 Å². The van der Waals surface area contributed by atoms with Gasteiger partial charge in [-0.05, 0) is 42.2 Å². The van der Waals surface area contributed by atoms with Gasteiger partial charge in [0.1, 0.15) is 17.8 Å². The molecule has 1 amide bonds. The molecule has 1 aliphatic heterocycles. The summed E-state index contributed by atoms with van der Waals surface area (Å²) in [6.45, 7) is 0.359. The molecule has 1 atom stereocenters. The lowest BCUT2D eigenvalue weighted by Gasteiger charge is -2.38. The third kappa shape index (κ3) is 5.45. The SMILES string of the molecule is O=C(CC(C(F)F)n1cccn1)N1CCC(O)(Cn2cnc3c(cnn3-c3ccc(-c4ccccc4)cc3)c2=O)CC1. The van der Waals surface area contributed by atoms with Crippen molar-refractivity contribution in [1.29, 1.82) is 0 Å². The molecule has 0 bridgehead atoms. The molecule has 1 aliphatic rings. The van der Waals surface area contributed by atoms with Crippen molar-refractivity contribution in [2.45, 2.75) is 43.9 Å². The number of nitrogens with zero attached hydrogens (tertiary/aromatic N) is 7. The molecule has 3 aromatic heterocycles. The van der Waals surface area contributed by atoms with Crippen LogP contribution >= 0.6 is 0 Å². The highest BCUT2D eigenvalue weighted by atomic mass is 19.3. The molecule has 6 rings (SSSR count). The van der Waals surface area contributed by atoms with Crippen LogP contribution in [0.2, 0.25) is 0 Å². The standard InChI is InChI=1S/C30H29F2N7O3/c31-27(32)25(38-14-4-13-34-38)17-26(40)36-15-11-30(42,12-16-36)19-37-20-33-28-24(29(37)41)18-35-39(28)23-9-7-22(8-10-23)21-5-2-1-3-6-21/h1-10,13-14,18,20,25,27,42H,11-12,15-17,19H2. The normalized spacial score (nSPS) is 15.8. The summed E-state index contributed by atoms with van der Waals surface area (Å²) in [4.78, 5) is 32.1. The van der Waals surface area contributed by atoms with E-state index >= 15 is 0 Å². The molecule has 4 heterocycles. The van der Waals surface area contributed by atoms with Crippen LogP contribution in [0.15, 0.2) is 90.4 Å². The number of rotatable bonds is 8. The zero-order chi connectivity index (χ0) is 29.3. The summed E-state index contributed by atoms with van der Waals surface area (Å²) in [5.74, 6) is -0.428. The van der Waals surface area contributed by atoms with Gasteiger partial charge in [-0.15, -0.1) is 0 Å². The maximum Gasteiger partial charge on any atom is 0.264 e. The molecule has 0 radical (unpaired) electrons. The van der Waals surface area contributed by atoms with Gasteiger partial charge in [0.25, 0.3) is 12.0 Å². The van der Waals surface area contributed by atoms with Crippen molar-refractivity contribution in [1.82, 2.24) is 34.0 Å². The van der Waals surface area contributed by atoms with Crippen molar-refractivity contribution in [3.05, 3.63) is 95.9 Å². The predicted octanol–water partition coefficient (Wildman–Crippen LogP) is 3.70. The van der Waals surface area contributed by atoms with Crippen molar-refractivity contribution >= 4 is 16.9 Å². The van der Waals surface area contributed by atoms with Gasteiger partial charge < -0.3 is 10.0 Å². The third-order valence-electron chi connectivity index (χ3n) is 7.82. The van der Waals surface area contributed by atoms with Crippen LogP contribution in [0.5, 0.6) is 0 Å². The van der Waals surface area contributed by atoms with Gasteiger partial charge in [-0.3, -0.25) is 18.8 Å². The molecule has 10 nitrogen and oxygen atoms in total. The van der Waals surface area contributed by atoms with Crippen LogP contribution in [0.25, 0.3) is 27.8 Å². The summed E-state index contributed by atoms with van der Waals surface area (Å²) in [5, 5.41) is 19.8. The molecular formula is C30H29F2N7O3. The molecule has 1 N–H and O–H groups in total. The van der Waals surface area contributed by atoms with Crippen molar-refractivity contribution in [2.75, 3.05) is 13.1 Å². The van der Waals surface area contributed by atoms with Crippen LogP contribution in [0.4, 0.5) is 8.78 Å². The number of carbonyl (C=O) groups is 1. The minimum absolute atomic E-state index is 0.0132. The molecule has 0 saturated carbocycles. The van der Waals surface area contributed by atoms with Crippen LogP contribution in [0.3, 0.4) is 0 Å². The van der Waals surface area contributed by atoms with Crippen LogP contribution in [0.1, 0.15) is 25.3 Å². The second kappa shape index (κ2) is 11.3. The number of piperidine rings is 1. The highest BCUT2D eigenvalue weighted by Crippen LogP contribution is 2.27. The smallest absolute Gasteiger partial charge is 0.264 e. The number of carbonyl (C=O) groups excluding carboxylic acids is 1. The van der Waals surface area contributed by atoms with E-state index in [2.05, 4.69) is 15.2 Å². The van der Waals surface area contributed by atoms with Gasteiger partial charge in [-0.2, -0.15) is 10.2 Å². The number of likely N-dealkylation sites (tertiary alicyclic amines) is 1. The highest BCUT2D eigenvalue weighted by Gasteiger charge is 2.36. The first-order chi connectivity index (χ1) is 20.3. The van der Waals surface area contributed by atoms with E-state index in [0.717, 1.165) is 21.5 Å². The number of aliphatic hydroxyl groups is 1. The van der Waals surface area contributed by atoms with Crippen molar-refractivity contribution < 1.29 is 18.7 Å². The first kappa shape index (κ1) is 27.5. The number of halogens is 2. The summed E-state index contributed by atoms with van der Waals surface area (Å²) in [7, 11) is 0. The lowest BCUT2D eigenvalue weighted by Crippen LogP contribution is -2.50. The van der Waals surface area contributed by atoms with E-state index in [1.54, 1.807) is 4.68 Å². The van der Waals surface area contributed by atoms with E-state index in [9.17, 15) is 23.5 Å². The number of amides is 1. The lowest BCUT2D eigenvalue weighted by molar-refractivity contribution is -0.138. The average molecular weight is 574 g/mol. The second-order valence-electron chi connectivity index (χ2n) is 10.6. The lowest BCUT2D eigenvalue weighted by atomic mass is 9.91. The van der Waals surface area contributed by atoms with Crippen molar-refractivity contribution in [3.8, 4) is 16.8 Å². The van der Waals surface area contributed by atoms with Crippen LogP contribution in [-0.2, 0) is 11.3 Å². The van der Waals surface area contributed by atoms with Gasteiger partial charge in [0.15, 0.2) is 5.65 Å². The van der Waals surface area contributed by atoms with Gasteiger partial charge in [-0.25, -0.2) is 18.4 Å². The molecule has 2 aromatic carbocycles. The highest BCUT2D eigenvalue weighted by molar-refractivity contribution is 5.77. The molecule has 5 aromatic rings. The summed E-state index contributed by atoms with van der Waals surface area (Å²) in [6.07, 6.45) is 2.91. The van der Waals surface area contributed by atoms with E-state index in [1.165, 1.54) is 40.5 Å². The minimum atomic E-state index is -2.75. The zero-order valence-corrected chi connectivity index (χ0v) is 22.6. The Morgan fingerprint density at radius 3 is 2.36 bits per heavy atom. The fourth-order valence-electron chi connectivity index (χ4n) is 5.41. The number of benzene rings is 2. The molecule has 0 aliphatic carbocycles. The zero-order valence-electron chi connectivity index (χ0n) is 22.6. The molecule has 216 valence electrons. The largest absolute Gasteiger partial charge is 0.388 e. The van der Waals surface area contributed by atoms with Gasteiger partial charge in [0.05, 0.1) is 30.5 Å². The quantitative estimate of drug-likeness (QED) is 0.303. The first-order valence-corrected chi connectivity index (χ1v) is 13.7. The van der Waals surface area contributed by atoms with Crippen LogP contribution < -0.4 is 5.56 Å². The topological polar surface area (TPSA) is 111 Å².